The van der Waals surface area contributed by atoms with Gasteiger partial charge in [-0.3, -0.25) is 9.59 Å². The van der Waals surface area contributed by atoms with Gasteiger partial charge in [0.2, 0.25) is 11.0 Å². The highest BCUT2D eigenvalue weighted by atomic mass is 32.1. The molecule has 1 fully saturated rings. The van der Waals surface area contributed by atoms with Gasteiger partial charge in [-0.15, -0.1) is 10.2 Å². The van der Waals surface area contributed by atoms with Crippen LogP contribution < -0.4 is 5.32 Å². The highest BCUT2D eigenvalue weighted by molar-refractivity contribution is 7.15. The van der Waals surface area contributed by atoms with Crippen LogP contribution in [0.1, 0.15) is 56.4 Å². The molecule has 0 atom stereocenters. The first kappa shape index (κ1) is 13.1. The Hall–Kier alpha value is -1.30. The minimum absolute atomic E-state index is 0.0989. The van der Waals surface area contributed by atoms with Crippen LogP contribution >= 0.6 is 11.3 Å². The zero-order chi connectivity index (χ0) is 13.0. The summed E-state index contributed by atoms with van der Waals surface area (Å²) in [7, 11) is 0. The lowest BCUT2D eigenvalue weighted by molar-refractivity contribution is -0.124. The number of aromatic nitrogens is 2. The van der Waals surface area contributed by atoms with E-state index in [-0.39, 0.29) is 18.1 Å². The minimum Gasteiger partial charge on any atom is -0.300 e. The number of anilines is 1. The first-order valence-electron chi connectivity index (χ1n) is 6.28. The van der Waals surface area contributed by atoms with E-state index in [4.69, 9.17) is 0 Å². The van der Waals surface area contributed by atoms with Crippen LogP contribution in [-0.2, 0) is 9.59 Å². The number of carbonyl (C=O) groups excluding carboxylic acids is 2. The third-order valence-electron chi connectivity index (χ3n) is 3.05. The van der Waals surface area contributed by atoms with Crippen LogP contribution in [0.3, 0.4) is 0 Å². The number of hydrogen-bond acceptors (Lipinski definition) is 5. The fourth-order valence-corrected chi connectivity index (χ4v) is 3.12. The minimum atomic E-state index is -0.311. The summed E-state index contributed by atoms with van der Waals surface area (Å²) in [5.74, 6) is 0.0353. The largest absolute Gasteiger partial charge is 0.300 e. The Morgan fingerprint density at radius 2 is 2.00 bits per heavy atom. The van der Waals surface area contributed by atoms with Crippen molar-refractivity contribution in [3.05, 3.63) is 5.01 Å². The molecule has 2 rings (SSSR count). The van der Waals surface area contributed by atoms with E-state index in [0.29, 0.717) is 11.0 Å². The fraction of sp³-hybridized carbons (Fsp3) is 0.667. The summed E-state index contributed by atoms with van der Waals surface area (Å²) in [6.07, 6.45) is 6.02. The van der Waals surface area contributed by atoms with Crippen molar-refractivity contribution in [3.8, 4) is 0 Å². The molecule has 1 aromatic rings. The predicted molar refractivity (Wildman–Crippen MR) is 69.7 cm³/mol. The number of amides is 1. The van der Waals surface area contributed by atoms with Gasteiger partial charge in [0.15, 0.2) is 0 Å². The number of nitrogens with zero attached hydrogens (tertiary/aromatic N) is 2. The van der Waals surface area contributed by atoms with E-state index >= 15 is 0 Å². The molecule has 0 bridgehead atoms. The zero-order valence-electron chi connectivity index (χ0n) is 10.4. The van der Waals surface area contributed by atoms with Gasteiger partial charge in [0.05, 0.1) is 6.42 Å². The lowest BCUT2D eigenvalue weighted by atomic mass is 9.90. The van der Waals surface area contributed by atoms with Crippen LogP contribution in [0.25, 0.3) is 0 Å². The Morgan fingerprint density at radius 1 is 1.28 bits per heavy atom. The van der Waals surface area contributed by atoms with Gasteiger partial charge in [-0.1, -0.05) is 30.6 Å². The maximum absolute atomic E-state index is 11.4. The van der Waals surface area contributed by atoms with Crippen LogP contribution in [0.5, 0.6) is 0 Å². The van der Waals surface area contributed by atoms with Crippen LogP contribution in [0.4, 0.5) is 5.13 Å². The van der Waals surface area contributed by atoms with Gasteiger partial charge in [-0.25, -0.2) is 0 Å². The van der Waals surface area contributed by atoms with Crippen molar-refractivity contribution >= 4 is 28.2 Å². The molecule has 1 N–H and O–H groups in total. The average molecular weight is 267 g/mol. The molecule has 98 valence electrons. The smallest absolute Gasteiger partial charge is 0.233 e. The van der Waals surface area contributed by atoms with Crippen molar-refractivity contribution in [1.29, 1.82) is 0 Å². The van der Waals surface area contributed by atoms with Crippen molar-refractivity contribution in [1.82, 2.24) is 10.2 Å². The van der Waals surface area contributed by atoms with E-state index in [9.17, 15) is 9.59 Å². The van der Waals surface area contributed by atoms with Crippen molar-refractivity contribution < 1.29 is 9.59 Å². The monoisotopic (exact) mass is 267 g/mol. The third kappa shape index (κ3) is 3.60. The van der Waals surface area contributed by atoms with Crippen molar-refractivity contribution in [2.24, 2.45) is 0 Å². The number of rotatable bonds is 4. The van der Waals surface area contributed by atoms with Gasteiger partial charge in [0.25, 0.3) is 0 Å². The van der Waals surface area contributed by atoms with Crippen molar-refractivity contribution in [3.63, 3.8) is 0 Å². The maximum atomic E-state index is 11.4. The van der Waals surface area contributed by atoms with Gasteiger partial charge in [0.1, 0.15) is 10.8 Å². The van der Waals surface area contributed by atoms with E-state index < -0.39 is 0 Å². The number of ketones is 1. The molecule has 0 unspecified atom stereocenters. The SMILES string of the molecule is CC(=O)CC(=O)Nc1nnc(C2CCCCC2)s1. The molecule has 6 heteroatoms. The van der Waals surface area contributed by atoms with Gasteiger partial charge in [-0.05, 0) is 19.8 Å². The Kier molecular flexibility index (Phi) is 4.41. The van der Waals surface area contributed by atoms with Crippen molar-refractivity contribution in [2.75, 3.05) is 5.32 Å². The summed E-state index contributed by atoms with van der Waals surface area (Å²) < 4.78 is 0. The second kappa shape index (κ2) is 6.04. The molecule has 1 saturated carbocycles. The molecule has 1 heterocycles. The molecule has 1 amide bonds. The van der Waals surface area contributed by atoms with Crippen LogP contribution in [0, 0.1) is 0 Å². The summed E-state index contributed by atoms with van der Waals surface area (Å²) in [5.41, 5.74) is 0. The summed E-state index contributed by atoms with van der Waals surface area (Å²) in [6.45, 7) is 1.40. The van der Waals surface area contributed by atoms with Gasteiger partial charge in [-0.2, -0.15) is 0 Å². The number of nitrogens with one attached hydrogen (secondary N) is 1. The van der Waals surface area contributed by atoms with E-state index in [2.05, 4.69) is 15.5 Å². The quantitative estimate of drug-likeness (QED) is 0.851. The molecular formula is C12H17N3O2S. The van der Waals surface area contributed by atoms with Crippen LogP contribution in [0.2, 0.25) is 0 Å². The van der Waals surface area contributed by atoms with E-state index in [1.165, 1.54) is 37.5 Å². The molecule has 1 aliphatic rings. The molecule has 0 aliphatic heterocycles. The van der Waals surface area contributed by atoms with Gasteiger partial charge in [0, 0.05) is 5.92 Å². The van der Waals surface area contributed by atoms with E-state index in [0.717, 1.165) is 17.8 Å². The molecule has 1 aromatic heterocycles. The highest BCUT2D eigenvalue weighted by Crippen LogP contribution is 2.35. The Labute approximate surface area is 110 Å². The second-order valence-corrected chi connectivity index (χ2v) is 5.72. The third-order valence-corrected chi connectivity index (χ3v) is 4.05. The summed E-state index contributed by atoms with van der Waals surface area (Å²) >= 11 is 1.43. The lowest BCUT2D eigenvalue weighted by Crippen LogP contribution is -2.14. The van der Waals surface area contributed by atoms with Crippen LogP contribution in [0.15, 0.2) is 0 Å². The Morgan fingerprint density at radius 3 is 2.67 bits per heavy atom. The standard InChI is InChI=1S/C12H17N3O2S/c1-8(16)7-10(17)13-12-15-14-11(18-12)9-5-3-2-4-6-9/h9H,2-7H2,1H3,(H,13,15,17). The number of hydrogen-bond donors (Lipinski definition) is 1. The molecule has 0 radical (unpaired) electrons. The summed E-state index contributed by atoms with van der Waals surface area (Å²) in [5, 5.41) is 12.2. The molecule has 0 spiro atoms. The zero-order valence-corrected chi connectivity index (χ0v) is 11.3. The first-order chi connectivity index (χ1) is 8.65. The number of carbonyl (C=O) groups is 2. The Bertz CT molecular complexity index is 438. The summed E-state index contributed by atoms with van der Waals surface area (Å²) in [6, 6.07) is 0. The summed E-state index contributed by atoms with van der Waals surface area (Å²) in [4.78, 5) is 22.2. The molecule has 18 heavy (non-hydrogen) atoms. The molecular weight excluding hydrogens is 250 g/mol. The molecule has 0 saturated heterocycles. The van der Waals surface area contributed by atoms with Gasteiger partial charge >= 0.3 is 0 Å². The Balaban J connectivity index is 1.93. The average Bonchev–Trinajstić information content (AvgIpc) is 2.77. The fourth-order valence-electron chi connectivity index (χ4n) is 2.19. The molecule has 5 nitrogen and oxygen atoms in total. The van der Waals surface area contributed by atoms with Crippen LogP contribution in [-0.4, -0.2) is 21.9 Å². The van der Waals surface area contributed by atoms with E-state index in [1.54, 1.807) is 0 Å². The molecule has 1 aliphatic carbocycles. The normalized spacial score (nSPS) is 16.5. The first-order valence-corrected chi connectivity index (χ1v) is 7.09. The lowest BCUT2D eigenvalue weighted by Gasteiger charge is -2.18. The number of Topliss-reactive ketones (excluding diaryl/α,β-unsaturated/α-hetero) is 1. The topological polar surface area (TPSA) is 72.0 Å². The van der Waals surface area contributed by atoms with Crippen molar-refractivity contribution in [2.45, 2.75) is 51.4 Å². The maximum Gasteiger partial charge on any atom is 0.233 e. The second-order valence-electron chi connectivity index (χ2n) is 4.71. The molecule has 0 aromatic carbocycles. The van der Waals surface area contributed by atoms with Gasteiger partial charge < -0.3 is 5.32 Å². The predicted octanol–water partition coefficient (Wildman–Crippen LogP) is 2.50. The van der Waals surface area contributed by atoms with E-state index in [1.807, 2.05) is 0 Å². The highest BCUT2D eigenvalue weighted by Gasteiger charge is 2.20.